The van der Waals surface area contributed by atoms with Crippen molar-refractivity contribution in [2.45, 2.75) is 6.29 Å². The van der Waals surface area contributed by atoms with E-state index in [2.05, 4.69) is 0 Å². The standard InChI is InChI=1S/C16H16ClNO4/c1-19-10-3-4-13(20-2)11(7-10)12-5-9(17)6-14-16(12)22-15(8-18)21-14/h3-7,15H,8,18H2,1-2H3. The van der Waals surface area contributed by atoms with Crippen LogP contribution in [0, 0.1) is 0 Å². The molecule has 22 heavy (non-hydrogen) atoms. The average molecular weight is 322 g/mol. The highest BCUT2D eigenvalue weighted by molar-refractivity contribution is 6.31. The van der Waals surface area contributed by atoms with E-state index in [9.17, 15) is 0 Å². The lowest BCUT2D eigenvalue weighted by Gasteiger charge is -2.13. The van der Waals surface area contributed by atoms with E-state index in [1.807, 2.05) is 18.2 Å². The Balaban J connectivity index is 2.17. The van der Waals surface area contributed by atoms with E-state index in [1.165, 1.54) is 0 Å². The summed E-state index contributed by atoms with van der Waals surface area (Å²) < 4.78 is 22.1. The van der Waals surface area contributed by atoms with Gasteiger partial charge in [-0.05, 0) is 24.3 Å². The van der Waals surface area contributed by atoms with Crippen molar-refractivity contribution in [2.24, 2.45) is 5.73 Å². The van der Waals surface area contributed by atoms with Crippen LogP contribution in [0.2, 0.25) is 5.02 Å². The summed E-state index contributed by atoms with van der Waals surface area (Å²) in [5, 5.41) is 0.542. The molecule has 0 saturated heterocycles. The van der Waals surface area contributed by atoms with Gasteiger partial charge in [0.15, 0.2) is 11.5 Å². The summed E-state index contributed by atoms with van der Waals surface area (Å²) in [6.07, 6.45) is -0.510. The maximum Gasteiger partial charge on any atom is 0.253 e. The molecular formula is C16H16ClNO4. The van der Waals surface area contributed by atoms with E-state index in [0.29, 0.717) is 28.0 Å². The Bertz CT molecular complexity index is 705. The third-order valence-electron chi connectivity index (χ3n) is 3.42. The molecule has 0 aliphatic carbocycles. The topological polar surface area (TPSA) is 62.9 Å². The SMILES string of the molecule is COc1ccc(OC)c(-c2cc(Cl)cc3c2OC(CN)O3)c1. The number of ether oxygens (including phenoxy) is 4. The molecule has 0 spiro atoms. The summed E-state index contributed by atoms with van der Waals surface area (Å²) in [5.41, 5.74) is 7.19. The number of hydrogen-bond acceptors (Lipinski definition) is 5. The molecule has 1 unspecified atom stereocenters. The highest BCUT2D eigenvalue weighted by Gasteiger charge is 2.28. The van der Waals surface area contributed by atoms with Gasteiger partial charge in [-0.1, -0.05) is 11.6 Å². The lowest BCUT2D eigenvalue weighted by atomic mass is 10.0. The Morgan fingerprint density at radius 3 is 2.59 bits per heavy atom. The molecule has 0 bridgehead atoms. The summed E-state index contributed by atoms with van der Waals surface area (Å²) >= 11 is 6.20. The first kappa shape index (κ1) is 14.8. The first-order valence-electron chi connectivity index (χ1n) is 6.75. The number of halogens is 1. The summed E-state index contributed by atoms with van der Waals surface area (Å²) in [4.78, 5) is 0. The second-order valence-corrected chi connectivity index (χ2v) is 5.18. The van der Waals surface area contributed by atoms with Crippen molar-refractivity contribution >= 4 is 11.6 Å². The number of rotatable bonds is 4. The van der Waals surface area contributed by atoms with Crippen LogP contribution in [-0.2, 0) is 0 Å². The zero-order chi connectivity index (χ0) is 15.7. The maximum absolute atomic E-state index is 6.20. The molecule has 2 aromatic carbocycles. The molecule has 1 aliphatic rings. The van der Waals surface area contributed by atoms with E-state index in [0.717, 1.165) is 11.1 Å². The Hall–Kier alpha value is -2.11. The van der Waals surface area contributed by atoms with Crippen molar-refractivity contribution in [3.05, 3.63) is 35.4 Å². The molecule has 5 nitrogen and oxygen atoms in total. The second-order valence-electron chi connectivity index (χ2n) is 4.75. The van der Waals surface area contributed by atoms with Crippen LogP contribution in [0.4, 0.5) is 0 Å². The van der Waals surface area contributed by atoms with Crippen molar-refractivity contribution in [3.63, 3.8) is 0 Å². The smallest absolute Gasteiger partial charge is 0.253 e. The fourth-order valence-corrected chi connectivity index (χ4v) is 2.60. The van der Waals surface area contributed by atoms with Gasteiger partial charge < -0.3 is 24.7 Å². The molecule has 0 amide bonds. The molecule has 3 rings (SSSR count). The van der Waals surface area contributed by atoms with Crippen LogP contribution < -0.4 is 24.7 Å². The molecule has 6 heteroatoms. The molecule has 0 fully saturated rings. The minimum Gasteiger partial charge on any atom is -0.497 e. The molecular weight excluding hydrogens is 306 g/mol. The molecule has 1 aliphatic heterocycles. The number of benzene rings is 2. The van der Waals surface area contributed by atoms with Gasteiger partial charge in [-0.3, -0.25) is 0 Å². The van der Waals surface area contributed by atoms with Crippen LogP contribution >= 0.6 is 11.6 Å². The van der Waals surface area contributed by atoms with E-state index in [4.69, 9.17) is 36.3 Å². The van der Waals surface area contributed by atoms with E-state index >= 15 is 0 Å². The van der Waals surface area contributed by atoms with Gasteiger partial charge in [0.1, 0.15) is 11.5 Å². The summed E-state index contributed by atoms with van der Waals surface area (Å²) in [7, 11) is 3.22. The molecule has 0 radical (unpaired) electrons. The van der Waals surface area contributed by atoms with Gasteiger partial charge >= 0.3 is 0 Å². The van der Waals surface area contributed by atoms with Gasteiger partial charge in [-0.25, -0.2) is 0 Å². The first-order chi connectivity index (χ1) is 10.7. The fourth-order valence-electron chi connectivity index (χ4n) is 2.40. The largest absolute Gasteiger partial charge is 0.497 e. The highest BCUT2D eigenvalue weighted by atomic mass is 35.5. The van der Waals surface area contributed by atoms with Crippen LogP contribution in [0.25, 0.3) is 11.1 Å². The average Bonchev–Trinajstić information content (AvgIpc) is 2.96. The van der Waals surface area contributed by atoms with Gasteiger partial charge in [0.05, 0.1) is 20.8 Å². The normalized spacial score (nSPS) is 15.7. The number of hydrogen-bond donors (Lipinski definition) is 1. The molecule has 1 atom stereocenters. The van der Waals surface area contributed by atoms with Crippen molar-refractivity contribution in [3.8, 4) is 34.1 Å². The summed E-state index contributed by atoms with van der Waals surface area (Å²) in [6.45, 7) is 0.251. The Morgan fingerprint density at radius 1 is 1.09 bits per heavy atom. The van der Waals surface area contributed by atoms with Crippen LogP contribution in [-0.4, -0.2) is 27.1 Å². The Labute approximate surface area is 133 Å². The minimum atomic E-state index is -0.510. The molecule has 1 heterocycles. The van der Waals surface area contributed by atoms with E-state index in [1.54, 1.807) is 26.4 Å². The summed E-state index contributed by atoms with van der Waals surface area (Å²) in [6, 6.07) is 9.04. The van der Waals surface area contributed by atoms with Crippen molar-refractivity contribution in [1.82, 2.24) is 0 Å². The van der Waals surface area contributed by atoms with Crippen LogP contribution in [0.1, 0.15) is 0 Å². The van der Waals surface area contributed by atoms with Crippen LogP contribution in [0.15, 0.2) is 30.3 Å². The van der Waals surface area contributed by atoms with Crippen molar-refractivity contribution in [1.29, 1.82) is 0 Å². The van der Waals surface area contributed by atoms with Gasteiger partial charge in [0.2, 0.25) is 0 Å². The molecule has 116 valence electrons. The lowest BCUT2D eigenvalue weighted by molar-refractivity contribution is 0.0583. The molecule has 2 N–H and O–H groups in total. The van der Waals surface area contributed by atoms with Gasteiger partial charge in [0, 0.05) is 22.2 Å². The van der Waals surface area contributed by atoms with Gasteiger partial charge in [-0.15, -0.1) is 0 Å². The monoisotopic (exact) mass is 321 g/mol. The van der Waals surface area contributed by atoms with Gasteiger partial charge in [-0.2, -0.15) is 0 Å². The van der Waals surface area contributed by atoms with Crippen LogP contribution in [0.5, 0.6) is 23.0 Å². The fraction of sp³-hybridized carbons (Fsp3) is 0.250. The summed E-state index contributed by atoms with van der Waals surface area (Å²) in [5.74, 6) is 2.57. The van der Waals surface area contributed by atoms with Crippen molar-refractivity contribution < 1.29 is 18.9 Å². The van der Waals surface area contributed by atoms with Crippen molar-refractivity contribution in [2.75, 3.05) is 20.8 Å². The minimum absolute atomic E-state index is 0.251. The quantitative estimate of drug-likeness (QED) is 0.937. The predicted octanol–water partition coefficient (Wildman–Crippen LogP) is 3.08. The zero-order valence-corrected chi connectivity index (χ0v) is 13.0. The number of methoxy groups -OCH3 is 2. The highest BCUT2D eigenvalue weighted by Crippen LogP contribution is 2.48. The molecule has 2 aromatic rings. The first-order valence-corrected chi connectivity index (χ1v) is 7.13. The maximum atomic E-state index is 6.20. The second kappa shape index (κ2) is 5.94. The van der Waals surface area contributed by atoms with Gasteiger partial charge in [0.25, 0.3) is 6.29 Å². The van der Waals surface area contributed by atoms with E-state index in [-0.39, 0.29) is 6.54 Å². The third kappa shape index (κ3) is 2.53. The van der Waals surface area contributed by atoms with Crippen LogP contribution in [0.3, 0.4) is 0 Å². The third-order valence-corrected chi connectivity index (χ3v) is 3.63. The number of fused-ring (bicyclic) bond motifs is 1. The molecule has 0 saturated carbocycles. The Morgan fingerprint density at radius 2 is 1.91 bits per heavy atom. The molecule has 0 aromatic heterocycles. The zero-order valence-electron chi connectivity index (χ0n) is 12.3. The lowest BCUT2D eigenvalue weighted by Crippen LogP contribution is -2.27. The Kier molecular flexibility index (Phi) is 4.00. The predicted molar refractivity (Wildman–Crippen MR) is 84.1 cm³/mol. The van der Waals surface area contributed by atoms with E-state index < -0.39 is 6.29 Å². The number of nitrogens with two attached hydrogens (primary N) is 1.